The number of hydrogen-bond donors (Lipinski definition) is 0. The van der Waals surface area contributed by atoms with E-state index >= 15 is 0 Å². The molecule has 1 amide bonds. The molecule has 1 aromatic heterocycles. The van der Waals surface area contributed by atoms with Gasteiger partial charge >= 0.3 is 0 Å². The first-order chi connectivity index (χ1) is 13.7. The number of carbonyl (C=O) groups excluding carboxylic acids is 1. The zero-order chi connectivity index (χ0) is 19.3. The highest BCUT2D eigenvalue weighted by atomic mass is 16.2. The highest BCUT2D eigenvalue weighted by Crippen LogP contribution is 2.23. The third kappa shape index (κ3) is 4.33. The number of carbonyl (C=O) groups is 1. The molecule has 0 saturated carbocycles. The van der Waals surface area contributed by atoms with Crippen molar-refractivity contribution < 1.29 is 4.79 Å². The van der Waals surface area contributed by atoms with E-state index in [0.717, 1.165) is 49.3 Å². The number of benzene rings is 2. The van der Waals surface area contributed by atoms with Gasteiger partial charge in [-0.15, -0.1) is 0 Å². The number of fused-ring (bicyclic) bond motifs is 1. The molecule has 2 heterocycles. The average molecular weight is 374 g/mol. The van der Waals surface area contributed by atoms with Crippen LogP contribution in [0.1, 0.15) is 36.1 Å². The van der Waals surface area contributed by atoms with Crippen molar-refractivity contribution in [2.45, 2.75) is 45.7 Å². The highest BCUT2D eigenvalue weighted by Gasteiger charge is 2.20. The van der Waals surface area contributed by atoms with Crippen LogP contribution in [0.2, 0.25) is 0 Å². The highest BCUT2D eigenvalue weighted by molar-refractivity contribution is 5.76. The molecule has 28 heavy (non-hydrogen) atoms. The summed E-state index contributed by atoms with van der Waals surface area (Å²) in [5, 5.41) is 4.78. The number of amides is 1. The Labute approximate surface area is 166 Å². The minimum atomic E-state index is 0.252. The molecule has 0 spiro atoms. The normalized spacial score (nSPS) is 13.8. The van der Waals surface area contributed by atoms with Gasteiger partial charge in [0.1, 0.15) is 0 Å². The lowest BCUT2D eigenvalue weighted by Gasteiger charge is -2.20. The monoisotopic (exact) mass is 373 g/mol. The fourth-order valence-electron chi connectivity index (χ4n) is 3.79. The standard InChI is InChI=1S/C24H27N3O/c1-19-11-13-21(14-12-19)23-17-22-18-26(15-6-16-27(22)25-23)24(28)10-5-9-20-7-3-2-4-8-20/h2-4,7-8,11-14,17H,5-6,9-10,15-16,18H2,1H3. The molecule has 3 aromatic rings. The molecule has 4 heteroatoms. The Morgan fingerprint density at radius 3 is 2.61 bits per heavy atom. The van der Waals surface area contributed by atoms with Crippen molar-refractivity contribution in [2.75, 3.05) is 6.54 Å². The second-order valence-electron chi connectivity index (χ2n) is 7.62. The van der Waals surface area contributed by atoms with Crippen LogP contribution >= 0.6 is 0 Å². The van der Waals surface area contributed by atoms with Gasteiger partial charge in [-0.2, -0.15) is 5.10 Å². The van der Waals surface area contributed by atoms with Crippen molar-refractivity contribution in [1.29, 1.82) is 0 Å². The number of hydrogen-bond acceptors (Lipinski definition) is 2. The van der Waals surface area contributed by atoms with Crippen molar-refractivity contribution in [3.63, 3.8) is 0 Å². The average Bonchev–Trinajstić information content (AvgIpc) is 3.00. The van der Waals surface area contributed by atoms with E-state index in [9.17, 15) is 4.79 Å². The van der Waals surface area contributed by atoms with Crippen LogP contribution in [0.25, 0.3) is 11.3 Å². The molecule has 144 valence electrons. The summed E-state index contributed by atoms with van der Waals surface area (Å²) in [6, 6.07) is 21.0. The van der Waals surface area contributed by atoms with Crippen LogP contribution in [-0.2, 0) is 24.3 Å². The quantitative estimate of drug-likeness (QED) is 0.655. The Morgan fingerprint density at radius 2 is 1.82 bits per heavy atom. The molecular formula is C24H27N3O. The van der Waals surface area contributed by atoms with Crippen LogP contribution in [0.15, 0.2) is 60.7 Å². The zero-order valence-electron chi connectivity index (χ0n) is 16.5. The van der Waals surface area contributed by atoms with E-state index in [1.807, 2.05) is 11.0 Å². The van der Waals surface area contributed by atoms with Gasteiger partial charge < -0.3 is 4.90 Å². The molecule has 0 N–H and O–H groups in total. The largest absolute Gasteiger partial charge is 0.337 e. The first-order valence-corrected chi connectivity index (χ1v) is 10.1. The summed E-state index contributed by atoms with van der Waals surface area (Å²) < 4.78 is 2.08. The van der Waals surface area contributed by atoms with E-state index in [0.29, 0.717) is 13.0 Å². The minimum Gasteiger partial charge on any atom is -0.337 e. The lowest BCUT2D eigenvalue weighted by atomic mass is 10.1. The molecule has 4 nitrogen and oxygen atoms in total. The molecule has 0 saturated heterocycles. The fourth-order valence-corrected chi connectivity index (χ4v) is 3.79. The van der Waals surface area contributed by atoms with Gasteiger partial charge in [0, 0.05) is 25.1 Å². The lowest BCUT2D eigenvalue weighted by molar-refractivity contribution is -0.131. The van der Waals surface area contributed by atoms with Crippen molar-refractivity contribution >= 4 is 5.91 Å². The maximum Gasteiger partial charge on any atom is 0.222 e. The van der Waals surface area contributed by atoms with Crippen molar-refractivity contribution in [3.8, 4) is 11.3 Å². The number of aromatic nitrogens is 2. The maximum atomic E-state index is 12.8. The lowest BCUT2D eigenvalue weighted by Crippen LogP contribution is -2.30. The van der Waals surface area contributed by atoms with Gasteiger partial charge in [-0.25, -0.2) is 0 Å². The van der Waals surface area contributed by atoms with Crippen molar-refractivity contribution in [3.05, 3.63) is 77.5 Å². The molecule has 0 unspecified atom stereocenters. The molecule has 0 atom stereocenters. The first-order valence-electron chi connectivity index (χ1n) is 10.1. The molecule has 0 fully saturated rings. The SMILES string of the molecule is Cc1ccc(-c2cc3n(n2)CCCN(C(=O)CCCc2ccccc2)C3)cc1. The Kier molecular flexibility index (Phi) is 5.56. The van der Waals surface area contributed by atoms with Gasteiger partial charge in [0.05, 0.1) is 17.9 Å². The van der Waals surface area contributed by atoms with Crippen molar-refractivity contribution in [1.82, 2.24) is 14.7 Å². The Hall–Kier alpha value is -2.88. The van der Waals surface area contributed by atoms with Crippen LogP contribution in [0, 0.1) is 6.92 Å². The number of rotatable bonds is 5. The first kappa shape index (κ1) is 18.5. The number of nitrogens with zero attached hydrogens (tertiary/aromatic N) is 3. The van der Waals surface area contributed by atoms with Crippen LogP contribution in [0.3, 0.4) is 0 Å². The van der Waals surface area contributed by atoms with Gasteiger partial charge in [-0.3, -0.25) is 9.48 Å². The van der Waals surface area contributed by atoms with Gasteiger partial charge in [0.15, 0.2) is 0 Å². The fraction of sp³-hybridized carbons (Fsp3) is 0.333. The second-order valence-corrected chi connectivity index (χ2v) is 7.62. The van der Waals surface area contributed by atoms with Gasteiger partial charge in [0.25, 0.3) is 0 Å². The van der Waals surface area contributed by atoms with Crippen LogP contribution in [0.5, 0.6) is 0 Å². The van der Waals surface area contributed by atoms with E-state index < -0.39 is 0 Å². The predicted molar refractivity (Wildman–Crippen MR) is 112 cm³/mol. The molecule has 0 aliphatic carbocycles. The summed E-state index contributed by atoms with van der Waals surface area (Å²) in [5.41, 5.74) is 5.80. The topological polar surface area (TPSA) is 38.1 Å². The van der Waals surface area contributed by atoms with E-state index in [2.05, 4.69) is 66.2 Å². The molecule has 4 rings (SSSR count). The summed E-state index contributed by atoms with van der Waals surface area (Å²) in [7, 11) is 0. The molecule has 1 aliphatic heterocycles. The molecular weight excluding hydrogens is 346 g/mol. The maximum absolute atomic E-state index is 12.8. The van der Waals surface area contributed by atoms with E-state index in [-0.39, 0.29) is 5.91 Å². The Balaban J connectivity index is 1.39. The number of aryl methyl sites for hydroxylation is 3. The molecule has 1 aliphatic rings. The Bertz CT molecular complexity index is 928. The summed E-state index contributed by atoms with van der Waals surface area (Å²) in [6.45, 7) is 4.43. The predicted octanol–water partition coefficient (Wildman–Crippen LogP) is 4.61. The minimum absolute atomic E-state index is 0.252. The molecule has 2 aromatic carbocycles. The Morgan fingerprint density at radius 1 is 1.04 bits per heavy atom. The van der Waals surface area contributed by atoms with Crippen LogP contribution in [0.4, 0.5) is 0 Å². The van der Waals surface area contributed by atoms with Gasteiger partial charge in [-0.1, -0.05) is 60.2 Å². The third-order valence-corrected chi connectivity index (χ3v) is 5.41. The third-order valence-electron chi connectivity index (χ3n) is 5.41. The van der Waals surface area contributed by atoms with Crippen LogP contribution < -0.4 is 0 Å². The van der Waals surface area contributed by atoms with E-state index in [4.69, 9.17) is 5.10 Å². The molecule has 0 radical (unpaired) electrons. The zero-order valence-corrected chi connectivity index (χ0v) is 16.5. The van der Waals surface area contributed by atoms with E-state index in [1.54, 1.807) is 0 Å². The van der Waals surface area contributed by atoms with E-state index in [1.165, 1.54) is 11.1 Å². The smallest absolute Gasteiger partial charge is 0.222 e. The summed E-state index contributed by atoms with van der Waals surface area (Å²) >= 11 is 0. The van der Waals surface area contributed by atoms with Gasteiger partial charge in [0.2, 0.25) is 5.91 Å². The summed E-state index contributed by atoms with van der Waals surface area (Å²) in [6.07, 6.45) is 3.41. The van der Waals surface area contributed by atoms with Crippen LogP contribution in [-0.4, -0.2) is 27.1 Å². The van der Waals surface area contributed by atoms with Gasteiger partial charge in [-0.05, 0) is 37.8 Å². The second kappa shape index (κ2) is 8.42. The van der Waals surface area contributed by atoms with Crippen molar-refractivity contribution in [2.24, 2.45) is 0 Å². The summed E-state index contributed by atoms with van der Waals surface area (Å²) in [5.74, 6) is 0.252. The molecule has 0 bridgehead atoms. The summed E-state index contributed by atoms with van der Waals surface area (Å²) in [4.78, 5) is 14.8.